The SMILES string of the molecule is Cn1c(Sc2ccnc3cc(Br)cnc23)n[nH]c1=O. The number of nitrogens with zero attached hydrogens (tertiary/aromatic N) is 4. The molecular formula is C11H8BrN5OS. The highest BCUT2D eigenvalue weighted by Crippen LogP contribution is 2.30. The Bertz CT molecular complexity index is 812. The molecule has 0 radical (unpaired) electrons. The van der Waals surface area contributed by atoms with Gasteiger partial charge < -0.3 is 0 Å². The highest BCUT2D eigenvalue weighted by molar-refractivity contribution is 9.10. The topological polar surface area (TPSA) is 76.5 Å². The van der Waals surface area contributed by atoms with Crippen LogP contribution in [0, 0.1) is 0 Å². The number of rotatable bonds is 2. The van der Waals surface area contributed by atoms with Gasteiger partial charge in [0.1, 0.15) is 5.52 Å². The van der Waals surface area contributed by atoms with E-state index in [1.54, 1.807) is 19.4 Å². The first-order valence-electron chi connectivity index (χ1n) is 5.34. The molecule has 0 bridgehead atoms. The van der Waals surface area contributed by atoms with Crippen LogP contribution < -0.4 is 5.69 Å². The first kappa shape index (κ1) is 12.4. The average Bonchev–Trinajstić information content (AvgIpc) is 2.71. The van der Waals surface area contributed by atoms with E-state index in [1.165, 1.54) is 16.3 Å². The number of aromatic nitrogens is 5. The molecular weight excluding hydrogens is 330 g/mol. The third-order valence-corrected chi connectivity index (χ3v) is 4.08. The van der Waals surface area contributed by atoms with Crippen LogP contribution in [0.2, 0.25) is 0 Å². The van der Waals surface area contributed by atoms with Crippen molar-refractivity contribution < 1.29 is 0 Å². The predicted molar refractivity (Wildman–Crippen MR) is 75.2 cm³/mol. The van der Waals surface area contributed by atoms with Crippen LogP contribution in [0.3, 0.4) is 0 Å². The molecule has 1 N–H and O–H groups in total. The van der Waals surface area contributed by atoms with E-state index in [2.05, 4.69) is 36.1 Å². The Morgan fingerprint density at radius 1 is 1.42 bits per heavy atom. The van der Waals surface area contributed by atoms with Crippen molar-refractivity contribution in [3.63, 3.8) is 0 Å². The quantitative estimate of drug-likeness (QED) is 0.773. The van der Waals surface area contributed by atoms with Crippen LogP contribution in [0.4, 0.5) is 0 Å². The third-order valence-electron chi connectivity index (χ3n) is 2.55. The first-order chi connectivity index (χ1) is 9.15. The molecule has 96 valence electrons. The van der Waals surface area contributed by atoms with Crippen molar-refractivity contribution in [1.82, 2.24) is 24.7 Å². The molecule has 3 heterocycles. The summed E-state index contributed by atoms with van der Waals surface area (Å²) in [5.74, 6) is 0. The summed E-state index contributed by atoms with van der Waals surface area (Å²) < 4.78 is 2.33. The highest BCUT2D eigenvalue weighted by atomic mass is 79.9. The molecule has 0 spiro atoms. The van der Waals surface area contributed by atoms with Crippen LogP contribution in [0.15, 0.2) is 43.8 Å². The summed E-state index contributed by atoms with van der Waals surface area (Å²) in [5, 5.41) is 6.96. The molecule has 0 aliphatic carbocycles. The maximum Gasteiger partial charge on any atom is 0.343 e. The van der Waals surface area contributed by atoms with Gasteiger partial charge in [0.05, 0.1) is 5.52 Å². The van der Waals surface area contributed by atoms with E-state index in [0.29, 0.717) is 5.16 Å². The van der Waals surface area contributed by atoms with Crippen molar-refractivity contribution in [2.24, 2.45) is 7.05 Å². The van der Waals surface area contributed by atoms with Gasteiger partial charge in [-0.1, -0.05) is 0 Å². The van der Waals surface area contributed by atoms with Gasteiger partial charge in [-0.05, 0) is 39.8 Å². The van der Waals surface area contributed by atoms with Crippen molar-refractivity contribution in [3.8, 4) is 0 Å². The Morgan fingerprint density at radius 3 is 3.00 bits per heavy atom. The Kier molecular flexibility index (Phi) is 3.11. The number of fused-ring (bicyclic) bond motifs is 1. The van der Waals surface area contributed by atoms with Crippen LogP contribution in [-0.2, 0) is 7.05 Å². The molecule has 3 rings (SSSR count). The van der Waals surface area contributed by atoms with Crippen LogP contribution in [-0.4, -0.2) is 24.7 Å². The van der Waals surface area contributed by atoms with Gasteiger partial charge in [0.2, 0.25) is 0 Å². The number of hydrogen-bond donors (Lipinski definition) is 1. The van der Waals surface area contributed by atoms with Gasteiger partial charge in [-0.3, -0.25) is 14.5 Å². The molecule has 8 heteroatoms. The molecule has 0 atom stereocenters. The van der Waals surface area contributed by atoms with Gasteiger partial charge in [0, 0.05) is 28.8 Å². The van der Waals surface area contributed by atoms with E-state index in [1.807, 2.05) is 12.1 Å². The minimum Gasteiger partial charge on any atom is -0.273 e. The van der Waals surface area contributed by atoms with E-state index < -0.39 is 0 Å². The second-order valence-electron chi connectivity index (χ2n) is 3.80. The molecule has 0 saturated carbocycles. The lowest BCUT2D eigenvalue weighted by atomic mass is 10.3. The van der Waals surface area contributed by atoms with E-state index in [4.69, 9.17) is 0 Å². The van der Waals surface area contributed by atoms with E-state index >= 15 is 0 Å². The number of pyridine rings is 2. The summed E-state index contributed by atoms with van der Waals surface area (Å²) in [4.78, 5) is 20.9. The van der Waals surface area contributed by atoms with Gasteiger partial charge in [-0.2, -0.15) is 0 Å². The summed E-state index contributed by atoms with van der Waals surface area (Å²) >= 11 is 4.74. The maximum atomic E-state index is 11.3. The average molecular weight is 338 g/mol. The lowest BCUT2D eigenvalue weighted by Crippen LogP contribution is -2.12. The Hall–Kier alpha value is -1.67. The lowest BCUT2D eigenvalue weighted by Gasteiger charge is -2.04. The maximum absolute atomic E-state index is 11.3. The summed E-state index contributed by atoms with van der Waals surface area (Å²) in [6, 6.07) is 3.75. The molecule has 0 unspecified atom stereocenters. The Balaban J connectivity index is 2.10. The molecule has 3 aromatic rings. The van der Waals surface area contributed by atoms with Crippen molar-refractivity contribution >= 4 is 38.7 Å². The third kappa shape index (κ3) is 2.28. The smallest absolute Gasteiger partial charge is 0.273 e. The molecule has 19 heavy (non-hydrogen) atoms. The minimum atomic E-state index is -0.239. The Labute approximate surface area is 120 Å². The van der Waals surface area contributed by atoms with E-state index in [0.717, 1.165) is 20.4 Å². The van der Waals surface area contributed by atoms with Gasteiger partial charge >= 0.3 is 5.69 Å². The summed E-state index contributed by atoms with van der Waals surface area (Å²) in [6.07, 6.45) is 3.43. The molecule has 0 aliphatic rings. The van der Waals surface area contributed by atoms with Gasteiger partial charge in [-0.25, -0.2) is 9.89 Å². The number of nitrogens with one attached hydrogen (secondary N) is 1. The monoisotopic (exact) mass is 337 g/mol. The molecule has 0 fully saturated rings. The fourth-order valence-corrected chi connectivity index (χ4v) is 2.80. The molecule has 6 nitrogen and oxygen atoms in total. The molecule has 0 amide bonds. The van der Waals surface area contributed by atoms with E-state index in [9.17, 15) is 4.79 Å². The lowest BCUT2D eigenvalue weighted by molar-refractivity contribution is 0.766. The fourth-order valence-electron chi connectivity index (χ4n) is 1.59. The molecule has 0 saturated heterocycles. The van der Waals surface area contributed by atoms with Crippen molar-refractivity contribution in [2.75, 3.05) is 0 Å². The second-order valence-corrected chi connectivity index (χ2v) is 5.73. The fraction of sp³-hybridized carbons (Fsp3) is 0.0909. The second kappa shape index (κ2) is 4.78. The summed E-state index contributed by atoms with van der Waals surface area (Å²) in [6.45, 7) is 0. The summed E-state index contributed by atoms with van der Waals surface area (Å²) in [5.41, 5.74) is 1.34. The number of H-pyrrole nitrogens is 1. The molecule has 3 aromatic heterocycles. The number of hydrogen-bond acceptors (Lipinski definition) is 5. The summed E-state index contributed by atoms with van der Waals surface area (Å²) in [7, 11) is 1.67. The van der Waals surface area contributed by atoms with Crippen LogP contribution in [0.25, 0.3) is 11.0 Å². The van der Waals surface area contributed by atoms with Gasteiger partial charge in [0.25, 0.3) is 0 Å². The zero-order valence-corrected chi connectivity index (χ0v) is 12.2. The van der Waals surface area contributed by atoms with E-state index in [-0.39, 0.29) is 5.69 Å². The first-order valence-corrected chi connectivity index (χ1v) is 6.95. The zero-order valence-electron chi connectivity index (χ0n) is 9.79. The standard InChI is InChI=1S/C11H8BrN5OS/c1-17-10(18)15-16-11(17)19-8-2-3-13-7-4-6(12)5-14-9(7)8/h2-5H,1H3,(H,15,18). The normalized spacial score (nSPS) is 11.1. The van der Waals surface area contributed by atoms with Crippen molar-refractivity contribution in [1.29, 1.82) is 0 Å². The van der Waals surface area contributed by atoms with Crippen LogP contribution in [0.5, 0.6) is 0 Å². The van der Waals surface area contributed by atoms with Crippen LogP contribution >= 0.6 is 27.7 Å². The Morgan fingerprint density at radius 2 is 2.26 bits per heavy atom. The minimum absolute atomic E-state index is 0.239. The van der Waals surface area contributed by atoms with Crippen LogP contribution in [0.1, 0.15) is 0 Å². The highest BCUT2D eigenvalue weighted by Gasteiger charge is 2.10. The molecule has 0 aliphatic heterocycles. The zero-order chi connectivity index (χ0) is 13.4. The predicted octanol–water partition coefficient (Wildman–Crippen LogP) is 1.97. The molecule has 0 aromatic carbocycles. The van der Waals surface area contributed by atoms with Gasteiger partial charge in [-0.15, -0.1) is 5.10 Å². The van der Waals surface area contributed by atoms with Crippen molar-refractivity contribution in [3.05, 3.63) is 39.5 Å². The largest absolute Gasteiger partial charge is 0.343 e. The number of aromatic amines is 1. The number of halogens is 1. The van der Waals surface area contributed by atoms with Crippen molar-refractivity contribution in [2.45, 2.75) is 10.1 Å². The van der Waals surface area contributed by atoms with Gasteiger partial charge in [0.15, 0.2) is 5.16 Å².